The van der Waals surface area contributed by atoms with Gasteiger partial charge in [-0.25, -0.2) is 19.2 Å². The van der Waals surface area contributed by atoms with Crippen molar-refractivity contribution in [2.24, 2.45) is 0 Å². The molecule has 2 aromatic rings. The van der Waals surface area contributed by atoms with Gasteiger partial charge in [0.1, 0.15) is 5.82 Å². The number of methoxy groups -OCH3 is 1. The van der Waals surface area contributed by atoms with Gasteiger partial charge in [0.15, 0.2) is 0 Å². The van der Waals surface area contributed by atoms with Crippen LogP contribution < -0.4 is 4.90 Å². The minimum absolute atomic E-state index is 0.0584. The van der Waals surface area contributed by atoms with E-state index in [1.165, 1.54) is 12.1 Å². The first-order chi connectivity index (χ1) is 13.7. The van der Waals surface area contributed by atoms with Gasteiger partial charge in [-0.05, 0) is 43.5 Å². The third-order valence-corrected chi connectivity index (χ3v) is 5.21. The normalized spacial score (nSPS) is 20.9. The maximum Gasteiger partial charge on any atom is 0.327 e. The van der Waals surface area contributed by atoms with E-state index in [1.807, 2.05) is 4.90 Å². The Morgan fingerprint density at radius 3 is 2.50 bits per heavy atom. The Morgan fingerprint density at radius 2 is 1.79 bits per heavy atom. The molecule has 1 aromatic heterocycles. The zero-order chi connectivity index (χ0) is 19.5. The molecule has 7 heteroatoms. The van der Waals surface area contributed by atoms with Gasteiger partial charge in [0.25, 0.3) is 0 Å². The Hall–Kier alpha value is -2.98. The quantitative estimate of drug-likeness (QED) is 0.766. The second-order valence-electron chi connectivity index (χ2n) is 6.93. The number of urea groups is 1. The minimum atomic E-state index is -0.293. The number of hydrogen-bond acceptors (Lipinski definition) is 4. The number of halogens is 1. The Labute approximate surface area is 163 Å². The number of benzene rings is 1. The van der Waals surface area contributed by atoms with Crippen LogP contribution in [-0.4, -0.2) is 53.2 Å². The molecule has 1 aromatic carbocycles. The predicted molar refractivity (Wildman–Crippen MR) is 102 cm³/mol. The standard InChI is InChI=1S/C21H21FN4O2/c1-28-12-11-25-18-3-2-4-19(18)26(21(25)27)20-23-13-16(14-24-20)6-5-15-7-9-17(22)10-8-15/h7-10,13-14,18-19H,2-4,11-12H2,1H3/t18-,19+/m0/s1. The predicted octanol–water partition coefficient (Wildman–Crippen LogP) is 2.83. The van der Waals surface area contributed by atoms with Crippen molar-refractivity contribution in [1.82, 2.24) is 14.9 Å². The summed E-state index contributed by atoms with van der Waals surface area (Å²) in [4.78, 5) is 25.3. The van der Waals surface area contributed by atoms with Gasteiger partial charge in [-0.15, -0.1) is 0 Å². The van der Waals surface area contributed by atoms with Crippen molar-refractivity contribution in [3.8, 4) is 11.8 Å². The van der Waals surface area contributed by atoms with Crippen LogP contribution in [0.5, 0.6) is 0 Å². The lowest BCUT2D eigenvalue weighted by atomic mass is 10.2. The van der Waals surface area contributed by atoms with Gasteiger partial charge in [-0.3, -0.25) is 4.90 Å². The first-order valence-electron chi connectivity index (χ1n) is 9.36. The van der Waals surface area contributed by atoms with Crippen molar-refractivity contribution in [1.29, 1.82) is 0 Å². The number of carbonyl (C=O) groups is 1. The smallest absolute Gasteiger partial charge is 0.327 e. The number of carbonyl (C=O) groups excluding carboxylic acids is 1. The minimum Gasteiger partial charge on any atom is -0.383 e. The Morgan fingerprint density at radius 1 is 1.11 bits per heavy atom. The molecule has 2 amide bonds. The second kappa shape index (κ2) is 7.95. The van der Waals surface area contributed by atoms with Crippen LogP contribution in [-0.2, 0) is 4.74 Å². The van der Waals surface area contributed by atoms with Crippen LogP contribution in [0.3, 0.4) is 0 Å². The molecule has 0 N–H and O–H groups in total. The summed E-state index contributed by atoms with van der Waals surface area (Å²) in [5.41, 5.74) is 1.35. The Balaban J connectivity index is 1.52. The van der Waals surface area contributed by atoms with E-state index < -0.39 is 0 Å². The summed E-state index contributed by atoms with van der Waals surface area (Å²) in [6.07, 6.45) is 6.28. The summed E-state index contributed by atoms with van der Waals surface area (Å²) in [7, 11) is 1.64. The monoisotopic (exact) mass is 380 g/mol. The van der Waals surface area contributed by atoms with Crippen LogP contribution in [0.1, 0.15) is 30.4 Å². The van der Waals surface area contributed by atoms with E-state index in [0.717, 1.165) is 19.3 Å². The number of ether oxygens (including phenoxy) is 1. The third kappa shape index (κ3) is 3.56. The molecule has 2 aliphatic rings. The van der Waals surface area contributed by atoms with E-state index in [1.54, 1.807) is 36.5 Å². The lowest BCUT2D eigenvalue weighted by Crippen LogP contribution is -2.37. The van der Waals surface area contributed by atoms with Crippen molar-refractivity contribution in [3.63, 3.8) is 0 Å². The fourth-order valence-electron chi connectivity index (χ4n) is 3.88. The Bertz CT molecular complexity index is 905. The molecule has 1 aliphatic heterocycles. The summed E-state index contributed by atoms with van der Waals surface area (Å²) in [6, 6.07) is 6.23. The average molecular weight is 380 g/mol. The van der Waals surface area contributed by atoms with Gasteiger partial charge in [-0.2, -0.15) is 0 Å². The highest BCUT2D eigenvalue weighted by molar-refractivity contribution is 5.94. The number of fused-ring (bicyclic) bond motifs is 1. The number of rotatable bonds is 4. The molecule has 2 atom stereocenters. The van der Waals surface area contributed by atoms with Gasteiger partial charge >= 0.3 is 6.03 Å². The van der Waals surface area contributed by atoms with Crippen molar-refractivity contribution in [2.45, 2.75) is 31.3 Å². The van der Waals surface area contributed by atoms with Crippen LogP contribution >= 0.6 is 0 Å². The first kappa shape index (κ1) is 18.4. The molecule has 4 rings (SSSR count). The van der Waals surface area contributed by atoms with E-state index >= 15 is 0 Å². The molecule has 6 nitrogen and oxygen atoms in total. The van der Waals surface area contributed by atoms with Crippen molar-refractivity contribution in [3.05, 3.63) is 53.6 Å². The molecule has 144 valence electrons. The largest absolute Gasteiger partial charge is 0.383 e. The van der Waals surface area contributed by atoms with Gasteiger partial charge < -0.3 is 9.64 Å². The first-order valence-corrected chi connectivity index (χ1v) is 9.36. The fourth-order valence-corrected chi connectivity index (χ4v) is 3.88. The molecule has 0 unspecified atom stereocenters. The van der Waals surface area contributed by atoms with E-state index in [2.05, 4.69) is 21.8 Å². The van der Waals surface area contributed by atoms with Crippen molar-refractivity contribution in [2.75, 3.05) is 25.2 Å². The van der Waals surface area contributed by atoms with Crippen LogP contribution in [0.15, 0.2) is 36.7 Å². The second-order valence-corrected chi connectivity index (χ2v) is 6.93. The van der Waals surface area contributed by atoms with Gasteiger partial charge in [0, 0.05) is 31.6 Å². The molecule has 1 saturated carbocycles. The highest BCUT2D eigenvalue weighted by Gasteiger charge is 2.49. The maximum atomic E-state index is 13.0. The van der Waals surface area contributed by atoms with Gasteiger partial charge in [-0.1, -0.05) is 11.8 Å². The molecule has 2 fully saturated rings. The van der Waals surface area contributed by atoms with Crippen LogP contribution in [0, 0.1) is 17.7 Å². The third-order valence-electron chi connectivity index (χ3n) is 5.21. The molecule has 2 heterocycles. The number of anilines is 1. The van der Waals surface area contributed by atoms with E-state index in [-0.39, 0.29) is 23.9 Å². The molecule has 28 heavy (non-hydrogen) atoms. The molecule has 0 bridgehead atoms. The maximum absolute atomic E-state index is 13.0. The van der Waals surface area contributed by atoms with Crippen LogP contribution in [0.25, 0.3) is 0 Å². The molecule has 1 aliphatic carbocycles. The van der Waals surface area contributed by atoms with E-state index in [4.69, 9.17) is 4.74 Å². The summed E-state index contributed by atoms with van der Waals surface area (Å²) >= 11 is 0. The number of amides is 2. The summed E-state index contributed by atoms with van der Waals surface area (Å²) < 4.78 is 18.1. The molecule has 0 radical (unpaired) electrons. The van der Waals surface area contributed by atoms with Crippen molar-refractivity contribution >= 4 is 12.0 Å². The lowest BCUT2D eigenvalue weighted by molar-refractivity contribution is 0.146. The zero-order valence-corrected chi connectivity index (χ0v) is 15.6. The van der Waals surface area contributed by atoms with Crippen molar-refractivity contribution < 1.29 is 13.9 Å². The number of aromatic nitrogens is 2. The topological polar surface area (TPSA) is 58.6 Å². The van der Waals surface area contributed by atoms with Gasteiger partial charge in [0.05, 0.1) is 24.3 Å². The Kier molecular flexibility index (Phi) is 5.22. The fraction of sp³-hybridized carbons (Fsp3) is 0.381. The molecular formula is C21H21FN4O2. The highest BCUT2D eigenvalue weighted by Crippen LogP contribution is 2.36. The van der Waals surface area contributed by atoms with E-state index in [0.29, 0.717) is 30.2 Å². The summed E-state index contributed by atoms with van der Waals surface area (Å²) in [5.74, 6) is 6.04. The molecule has 0 spiro atoms. The summed E-state index contributed by atoms with van der Waals surface area (Å²) in [6.45, 7) is 1.09. The van der Waals surface area contributed by atoms with Crippen LogP contribution in [0.2, 0.25) is 0 Å². The van der Waals surface area contributed by atoms with E-state index in [9.17, 15) is 9.18 Å². The molecular weight excluding hydrogens is 359 g/mol. The lowest BCUT2D eigenvalue weighted by Gasteiger charge is -2.21. The number of hydrogen-bond donors (Lipinski definition) is 0. The summed E-state index contributed by atoms with van der Waals surface area (Å²) in [5, 5.41) is 0. The average Bonchev–Trinajstić information content (AvgIpc) is 3.27. The van der Waals surface area contributed by atoms with Gasteiger partial charge in [0.2, 0.25) is 5.95 Å². The number of nitrogens with zero attached hydrogens (tertiary/aromatic N) is 4. The van der Waals surface area contributed by atoms with Crippen LogP contribution in [0.4, 0.5) is 15.1 Å². The zero-order valence-electron chi connectivity index (χ0n) is 15.6. The molecule has 1 saturated heterocycles. The highest BCUT2D eigenvalue weighted by atomic mass is 19.1. The SMILES string of the molecule is COCCN1C(=O)N(c2ncc(C#Cc3ccc(F)cc3)cn2)[C@@H]2CCC[C@@H]21.